The molecule has 9 heteroatoms. The van der Waals surface area contributed by atoms with Crippen molar-refractivity contribution < 1.29 is 9.47 Å². The Hall–Kier alpha value is -2.65. The molecule has 0 fully saturated rings. The highest BCUT2D eigenvalue weighted by atomic mass is 32.2. The Bertz CT molecular complexity index is 972. The van der Waals surface area contributed by atoms with Gasteiger partial charge in [-0.2, -0.15) is 0 Å². The molecule has 0 radical (unpaired) electrons. The van der Waals surface area contributed by atoms with Gasteiger partial charge in [0.1, 0.15) is 5.52 Å². The molecule has 0 saturated carbocycles. The molecular weight excluding hydrogens is 352 g/mol. The van der Waals surface area contributed by atoms with Gasteiger partial charge >= 0.3 is 0 Å². The second kappa shape index (κ2) is 6.58. The van der Waals surface area contributed by atoms with Gasteiger partial charge in [0, 0.05) is 50.4 Å². The Morgan fingerprint density at radius 2 is 2.04 bits per heavy atom. The number of nitrogens with two attached hydrogens (primary N) is 2. The van der Waals surface area contributed by atoms with Crippen molar-refractivity contribution >= 4 is 34.3 Å². The van der Waals surface area contributed by atoms with Gasteiger partial charge in [-0.3, -0.25) is 0 Å². The van der Waals surface area contributed by atoms with Crippen LogP contribution in [0.2, 0.25) is 0 Å². The minimum Gasteiger partial charge on any atom is -0.454 e. The van der Waals surface area contributed by atoms with E-state index in [2.05, 4.69) is 9.55 Å². The molecule has 1 aromatic carbocycles. The number of aromatic nitrogens is 3. The van der Waals surface area contributed by atoms with E-state index in [4.69, 9.17) is 25.9 Å². The van der Waals surface area contributed by atoms with E-state index in [0.717, 1.165) is 32.8 Å². The first-order valence-electron chi connectivity index (χ1n) is 8.18. The summed E-state index contributed by atoms with van der Waals surface area (Å²) < 4.78 is 13.1. The Balaban J connectivity index is 1.82. The number of nitrogen functional groups attached to an aromatic ring is 1. The van der Waals surface area contributed by atoms with Gasteiger partial charge in [0.05, 0.1) is 11.2 Å². The van der Waals surface area contributed by atoms with Gasteiger partial charge < -0.3 is 30.4 Å². The topological polar surface area (TPSA) is 104 Å². The van der Waals surface area contributed by atoms with Gasteiger partial charge in [-0.05, 0) is 17.8 Å². The zero-order chi connectivity index (χ0) is 18.3. The van der Waals surface area contributed by atoms with Gasteiger partial charge in [-0.25, -0.2) is 9.97 Å². The third-order valence-corrected chi connectivity index (χ3v) is 5.19. The molecule has 0 spiro atoms. The average Bonchev–Trinajstić information content (AvgIpc) is 3.20. The summed E-state index contributed by atoms with van der Waals surface area (Å²) in [6, 6.07) is 5.87. The highest BCUT2D eigenvalue weighted by molar-refractivity contribution is 7.99. The molecule has 3 aromatic rings. The van der Waals surface area contributed by atoms with Crippen molar-refractivity contribution in [3.8, 4) is 11.5 Å². The molecule has 0 saturated heterocycles. The fourth-order valence-corrected chi connectivity index (χ4v) is 4.06. The summed E-state index contributed by atoms with van der Waals surface area (Å²) in [6.07, 6.45) is 1.69. The number of rotatable bonds is 5. The molecular formula is C17H20N6O2S. The molecule has 3 heterocycles. The van der Waals surface area contributed by atoms with E-state index in [0.29, 0.717) is 24.4 Å². The zero-order valence-corrected chi connectivity index (χ0v) is 15.4. The lowest BCUT2D eigenvalue weighted by Gasteiger charge is -2.18. The highest BCUT2D eigenvalue weighted by Gasteiger charge is 2.21. The SMILES string of the molecule is CN(C)c1cc2c(cc1Sc1nc3c(N)nccc3n1CCN)OCO2. The minimum atomic E-state index is 0.240. The lowest BCUT2D eigenvalue weighted by molar-refractivity contribution is 0.174. The Morgan fingerprint density at radius 3 is 2.77 bits per heavy atom. The second-order valence-corrected chi connectivity index (χ2v) is 7.08. The molecule has 0 aliphatic carbocycles. The maximum absolute atomic E-state index is 6.01. The summed E-state index contributed by atoms with van der Waals surface area (Å²) in [4.78, 5) is 11.9. The fraction of sp³-hybridized carbons (Fsp3) is 0.294. The van der Waals surface area contributed by atoms with Crippen molar-refractivity contribution in [2.45, 2.75) is 16.6 Å². The Kier molecular flexibility index (Phi) is 4.25. The van der Waals surface area contributed by atoms with Crippen LogP contribution in [0.5, 0.6) is 11.5 Å². The van der Waals surface area contributed by atoms with E-state index in [1.807, 2.05) is 37.2 Å². The molecule has 0 atom stereocenters. The van der Waals surface area contributed by atoms with Crippen LogP contribution in [-0.2, 0) is 6.54 Å². The number of ether oxygens (including phenoxy) is 2. The number of benzene rings is 1. The second-order valence-electron chi connectivity index (χ2n) is 6.07. The highest BCUT2D eigenvalue weighted by Crippen LogP contribution is 2.44. The molecule has 0 bridgehead atoms. The van der Waals surface area contributed by atoms with Crippen molar-refractivity contribution in [1.82, 2.24) is 14.5 Å². The smallest absolute Gasteiger partial charge is 0.231 e. The van der Waals surface area contributed by atoms with E-state index in [9.17, 15) is 0 Å². The summed E-state index contributed by atoms with van der Waals surface area (Å²) in [5.74, 6) is 1.90. The standard InChI is InChI=1S/C17H20N6O2S/c1-22(2)11-7-12-13(25-9-24-12)8-14(11)26-17-21-15-10(23(17)6-4-18)3-5-20-16(15)19/h3,5,7-8H,4,6,9,18H2,1-2H3,(H2,19,20). The van der Waals surface area contributed by atoms with Gasteiger partial charge in [0.25, 0.3) is 0 Å². The van der Waals surface area contributed by atoms with Crippen LogP contribution >= 0.6 is 11.8 Å². The maximum atomic E-state index is 6.01. The molecule has 0 amide bonds. The number of hydrogen-bond acceptors (Lipinski definition) is 8. The monoisotopic (exact) mass is 372 g/mol. The van der Waals surface area contributed by atoms with Crippen LogP contribution in [0.15, 0.2) is 34.4 Å². The van der Waals surface area contributed by atoms with Crippen LogP contribution in [0.3, 0.4) is 0 Å². The fourth-order valence-electron chi connectivity index (χ4n) is 2.92. The summed E-state index contributed by atoms with van der Waals surface area (Å²) >= 11 is 1.55. The molecule has 4 rings (SSSR count). The minimum absolute atomic E-state index is 0.240. The number of pyridine rings is 1. The third-order valence-electron chi connectivity index (χ3n) is 4.15. The van der Waals surface area contributed by atoms with Crippen LogP contribution in [-0.4, -0.2) is 42.0 Å². The molecule has 1 aliphatic rings. The van der Waals surface area contributed by atoms with Gasteiger partial charge in [0.2, 0.25) is 6.79 Å². The van der Waals surface area contributed by atoms with Gasteiger partial charge in [-0.15, -0.1) is 0 Å². The third kappa shape index (κ3) is 2.78. The van der Waals surface area contributed by atoms with E-state index in [1.54, 1.807) is 18.0 Å². The summed E-state index contributed by atoms with van der Waals surface area (Å²) in [5.41, 5.74) is 14.5. The summed E-state index contributed by atoms with van der Waals surface area (Å²) in [5, 5.41) is 0.812. The first kappa shape index (κ1) is 16.8. The van der Waals surface area contributed by atoms with Crippen LogP contribution < -0.4 is 25.8 Å². The van der Waals surface area contributed by atoms with Crippen LogP contribution in [0.25, 0.3) is 11.0 Å². The van der Waals surface area contributed by atoms with Crippen LogP contribution in [0.4, 0.5) is 11.5 Å². The maximum Gasteiger partial charge on any atom is 0.231 e. The first-order valence-corrected chi connectivity index (χ1v) is 8.99. The summed E-state index contributed by atoms with van der Waals surface area (Å²) in [6.45, 7) is 1.39. The molecule has 136 valence electrons. The molecule has 26 heavy (non-hydrogen) atoms. The molecule has 4 N–H and O–H groups in total. The van der Waals surface area contributed by atoms with E-state index in [1.165, 1.54) is 0 Å². The lowest BCUT2D eigenvalue weighted by atomic mass is 10.2. The number of hydrogen-bond donors (Lipinski definition) is 2. The van der Waals surface area contributed by atoms with Crippen molar-refractivity contribution in [2.24, 2.45) is 5.73 Å². The van der Waals surface area contributed by atoms with Crippen LogP contribution in [0, 0.1) is 0 Å². The quantitative estimate of drug-likeness (QED) is 0.700. The van der Waals surface area contributed by atoms with Crippen LogP contribution in [0.1, 0.15) is 0 Å². The molecule has 1 aliphatic heterocycles. The number of imidazole rings is 1. The zero-order valence-electron chi connectivity index (χ0n) is 14.6. The lowest BCUT2D eigenvalue weighted by Crippen LogP contribution is -2.12. The molecule has 8 nitrogen and oxygen atoms in total. The normalized spacial score (nSPS) is 12.7. The summed E-state index contributed by atoms with van der Waals surface area (Å²) in [7, 11) is 3.98. The first-order chi connectivity index (χ1) is 12.6. The van der Waals surface area contributed by atoms with Crippen molar-refractivity contribution in [3.63, 3.8) is 0 Å². The van der Waals surface area contributed by atoms with Crippen molar-refractivity contribution in [3.05, 3.63) is 24.4 Å². The predicted molar refractivity (Wildman–Crippen MR) is 102 cm³/mol. The van der Waals surface area contributed by atoms with E-state index >= 15 is 0 Å². The number of fused-ring (bicyclic) bond motifs is 2. The largest absolute Gasteiger partial charge is 0.454 e. The predicted octanol–water partition coefficient (Wildman–Crippen LogP) is 1.92. The van der Waals surface area contributed by atoms with Gasteiger partial charge in [0.15, 0.2) is 22.5 Å². The molecule has 0 unspecified atom stereocenters. The van der Waals surface area contributed by atoms with Gasteiger partial charge in [-0.1, -0.05) is 0 Å². The van der Waals surface area contributed by atoms with Crippen molar-refractivity contribution in [2.75, 3.05) is 38.1 Å². The van der Waals surface area contributed by atoms with Crippen molar-refractivity contribution in [1.29, 1.82) is 0 Å². The number of nitrogens with zero attached hydrogens (tertiary/aromatic N) is 4. The molecule has 2 aromatic heterocycles. The van der Waals surface area contributed by atoms with E-state index < -0.39 is 0 Å². The Labute approximate surface area is 155 Å². The average molecular weight is 372 g/mol. The van der Waals surface area contributed by atoms with E-state index in [-0.39, 0.29) is 6.79 Å². The Morgan fingerprint density at radius 1 is 1.27 bits per heavy atom. The number of anilines is 2.